The molecule has 4 rings (SSSR count). The first-order valence-corrected chi connectivity index (χ1v) is 11.8. The van der Waals surface area contributed by atoms with Crippen LogP contribution >= 0.6 is 0 Å². The Kier molecular flexibility index (Phi) is 8.11. The van der Waals surface area contributed by atoms with Crippen LogP contribution in [0.15, 0.2) is 78.9 Å². The Hall–Kier alpha value is -3.71. The molecule has 7 heteroatoms. The summed E-state index contributed by atoms with van der Waals surface area (Å²) in [5, 5.41) is 2.90. The van der Waals surface area contributed by atoms with Crippen LogP contribution in [0, 0.1) is 5.82 Å². The highest BCUT2D eigenvalue weighted by molar-refractivity contribution is 5.97. The number of rotatable bonds is 8. The van der Waals surface area contributed by atoms with Gasteiger partial charge in [-0.05, 0) is 42.8 Å². The van der Waals surface area contributed by atoms with Crippen LogP contribution in [0.1, 0.15) is 18.1 Å². The number of hydrogen-bond acceptors (Lipinski definition) is 4. The van der Waals surface area contributed by atoms with Crippen molar-refractivity contribution in [3.05, 3.63) is 95.8 Å². The van der Waals surface area contributed by atoms with E-state index in [0.717, 1.165) is 24.3 Å². The zero-order chi connectivity index (χ0) is 24.6. The molecule has 1 aliphatic rings. The van der Waals surface area contributed by atoms with Crippen molar-refractivity contribution < 1.29 is 18.7 Å². The lowest BCUT2D eigenvalue weighted by molar-refractivity contribution is -0.138. The number of carbonyl (C=O) groups excluding carboxylic acids is 2. The topological polar surface area (TPSA) is 61.9 Å². The second-order valence-corrected chi connectivity index (χ2v) is 8.59. The van der Waals surface area contributed by atoms with Crippen molar-refractivity contribution >= 4 is 23.2 Å². The van der Waals surface area contributed by atoms with Gasteiger partial charge in [-0.1, -0.05) is 48.5 Å². The molecule has 0 aliphatic carbocycles. The molecule has 3 aromatic rings. The molecule has 0 spiro atoms. The highest BCUT2D eigenvalue weighted by atomic mass is 19.1. The van der Waals surface area contributed by atoms with Crippen LogP contribution in [-0.4, -0.2) is 49.1 Å². The Labute approximate surface area is 205 Å². The van der Waals surface area contributed by atoms with Crippen LogP contribution in [0.5, 0.6) is 0 Å². The van der Waals surface area contributed by atoms with Crippen LogP contribution in [-0.2, 0) is 27.3 Å². The Morgan fingerprint density at radius 3 is 2.31 bits per heavy atom. The summed E-state index contributed by atoms with van der Waals surface area (Å²) in [7, 11) is 0. The van der Waals surface area contributed by atoms with Gasteiger partial charge >= 0.3 is 0 Å². The molecule has 0 saturated carbocycles. The first-order valence-electron chi connectivity index (χ1n) is 11.8. The fourth-order valence-corrected chi connectivity index (χ4v) is 4.09. The van der Waals surface area contributed by atoms with Crippen molar-refractivity contribution in [3.8, 4) is 0 Å². The van der Waals surface area contributed by atoms with Gasteiger partial charge in [0.15, 0.2) is 0 Å². The number of nitrogens with zero attached hydrogens (tertiary/aromatic N) is 2. The molecule has 1 aliphatic heterocycles. The standard InChI is InChI=1S/C28H30FN3O3/c1-21(28(34)30-24-11-13-25(14-12-24)31-15-17-35-18-16-31)32(20-23-9-5-6-10-26(23)29)27(33)19-22-7-3-2-4-8-22/h2-14,21H,15-20H2,1H3,(H,30,34). The molecule has 1 fully saturated rings. The largest absolute Gasteiger partial charge is 0.378 e. The van der Waals surface area contributed by atoms with E-state index in [0.29, 0.717) is 24.5 Å². The lowest BCUT2D eigenvalue weighted by Crippen LogP contribution is -2.46. The molecule has 6 nitrogen and oxygen atoms in total. The third-order valence-corrected chi connectivity index (χ3v) is 6.18. The number of anilines is 2. The minimum atomic E-state index is -0.801. The van der Waals surface area contributed by atoms with E-state index in [1.165, 1.54) is 11.0 Å². The van der Waals surface area contributed by atoms with Gasteiger partial charge in [-0.25, -0.2) is 4.39 Å². The van der Waals surface area contributed by atoms with Gasteiger partial charge in [0.1, 0.15) is 11.9 Å². The fraction of sp³-hybridized carbons (Fsp3) is 0.286. The molecule has 1 saturated heterocycles. The predicted octanol–water partition coefficient (Wildman–Crippen LogP) is 4.26. The summed E-state index contributed by atoms with van der Waals surface area (Å²) >= 11 is 0. The van der Waals surface area contributed by atoms with E-state index in [1.54, 1.807) is 25.1 Å². The maximum atomic E-state index is 14.4. The van der Waals surface area contributed by atoms with Crippen LogP contribution in [0.3, 0.4) is 0 Å². The van der Waals surface area contributed by atoms with Gasteiger partial charge in [-0.2, -0.15) is 0 Å². The maximum Gasteiger partial charge on any atom is 0.246 e. The normalized spacial score (nSPS) is 14.3. The Bertz CT molecular complexity index is 1130. The molecular formula is C28H30FN3O3. The third kappa shape index (κ3) is 6.45. The Morgan fingerprint density at radius 1 is 0.971 bits per heavy atom. The summed E-state index contributed by atoms with van der Waals surface area (Å²) in [4.78, 5) is 30.1. The Balaban J connectivity index is 1.47. The highest BCUT2D eigenvalue weighted by Gasteiger charge is 2.27. The van der Waals surface area contributed by atoms with E-state index >= 15 is 0 Å². The number of halogens is 1. The van der Waals surface area contributed by atoms with Gasteiger partial charge in [-0.15, -0.1) is 0 Å². The Morgan fingerprint density at radius 2 is 1.63 bits per heavy atom. The second-order valence-electron chi connectivity index (χ2n) is 8.59. The van der Waals surface area contributed by atoms with Crippen molar-refractivity contribution in [2.45, 2.75) is 25.9 Å². The SMILES string of the molecule is CC(C(=O)Nc1ccc(N2CCOCC2)cc1)N(Cc1ccccc1F)C(=O)Cc1ccccc1. The minimum Gasteiger partial charge on any atom is -0.378 e. The summed E-state index contributed by atoms with van der Waals surface area (Å²) in [6.07, 6.45) is 0.126. The van der Waals surface area contributed by atoms with Crippen LogP contribution in [0.2, 0.25) is 0 Å². The summed E-state index contributed by atoms with van der Waals surface area (Å²) < 4.78 is 19.8. The van der Waals surface area contributed by atoms with E-state index in [1.807, 2.05) is 54.6 Å². The predicted molar refractivity (Wildman–Crippen MR) is 135 cm³/mol. The van der Waals surface area contributed by atoms with Gasteiger partial charge in [0.05, 0.1) is 19.6 Å². The number of morpholine rings is 1. The van der Waals surface area contributed by atoms with Crippen molar-refractivity contribution in [2.24, 2.45) is 0 Å². The lowest BCUT2D eigenvalue weighted by atomic mass is 10.1. The average Bonchev–Trinajstić information content (AvgIpc) is 2.89. The van der Waals surface area contributed by atoms with Gasteiger partial charge in [0.25, 0.3) is 0 Å². The van der Waals surface area contributed by atoms with Crippen molar-refractivity contribution in [1.82, 2.24) is 4.90 Å². The van der Waals surface area contributed by atoms with E-state index in [2.05, 4.69) is 10.2 Å². The van der Waals surface area contributed by atoms with Crippen molar-refractivity contribution in [1.29, 1.82) is 0 Å². The molecule has 0 bridgehead atoms. The third-order valence-electron chi connectivity index (χ3n) is 6.18. The zero-order valence-electron chi connectivity index (χ0n) is 19.8. The van der Waals surface area contributed by atoms with E-state index in [4.69, 9.17) is 4.74 Å². The molecule has 1 heterocycles. The summed E-state index contributed by atoms with van der Waals surface area (Å²) in [6, 6.07) is 22.5. The van der Waals surface area contributed by atoms with Gasteiger partial charge in [0, 0.05) is 36.6 Å². The molecule has 35 heavy (non-hydrogen) atoms. The number of nitrogens with one attached hydrogen (secondary N) is 1. The minimum absolute atomic E-state index is 0.00287. The fourth-order valence-electron chi connectivity index (χ4n) is 4.09. The first kappa shape index (κ1) is 24.4. The zero-order valence-corrected chi connectivity index (χ0v) is 19.8. The molecule has 1 N–H and O–H groups in total. The van der Waals surface area contributed by atoms with E-state index in [9.17, 15) is 14.0 Å². The number of ether oxygens (including phenoxy) is 1. The van der Waals surface area contributed by atoms with E-state index < -0.39 is 11.9 Å². The summed E-state index contributed by atoms with van der Waals surface area (Å²) in [5.41, 5.74) is 2.91. The smallest absolute Gasteiger partial charge is 0.246 e. The highest BCUT2D eigenvalue weighted by Crippen LogP contribution is 2.20. The number of benzene rings is 3. The quantitative estimate of drug-likeness (QED) is 0.529. The van der Waals surface area contributed by atoms with Crippen molar-refractivity contribution in [3.63, 3.8) is 0 Å². The summed E-state index contributed by atoms with van der Waals surface area (Å²) in [5.74, 6) is -0.983. The number of hydrogen-bond donors (Lipinski definition) is 1. The van der Waals surface area contributed by atoms with Gasteiger partial charge in [-0.3, -0.25) is 9.59 Å². The number of amides is 2. The first-order chi connectivity index (χ1) is 17.0. The molecule has 182 valence electrons. The van der Waals surface area contributed by atoms with Crippen LogP contribution in [0.25, 0.3) is 0 Å². The van der Waals surface area contributed by atoms with Crippen molar-refractivity contribution in [2.75, 3.05) is 36.5 Å². The lowest BCUT2D eigenvalue weighted by Gasteiger charge is -2.30. The monoisotopic (exact) mass is 475 g/mol. The molecular weight excluding hydrogens is 445 g/mol. The molecule has 2 amide bonds. The molecule has 3 aromatic carbocycles. The van der Waals surface area contributed by atoms with Crippen LogP contribution < -0.4 is 10.2 Å². The van der Waals surface area contributed by atoms with Crippen LogP contribution in [0.4, 0.5) is 15.8 Å². The molecule has 0 radical (unpaired) electrons. The summed E-state index contributed by atoms with van der Waals surface area (Å²) in [6.45, 7) is 4.73. The average molecular weight is 476 g/mol. The van der Waals surface area contributed by atoms with Gasteiger partial charge < -0.3 is 19.9 Å². The molecule has 0 aromatic heterocycles. The number of carbonyl (C=O) groups is 2. The maximum absolute atomic E-state index is 14.4. The second kappa shape index (κ2) is 11.6. The molecule has 1 atom stereocenters. The van der Waals surface area contributed by atoms with Gasteiger partial charge in [0.2, 0.25) is 11.8 Å². The van der Waals surface area contributed by atoms with E-state index in [-0.39, 0.29) is 24.8 Å². The molecule has 1 unspecified atom stereocenters.